The van der Waals surface area contributed by atoms with E-state index >= 15 is 0 Å². The van der Waals surface area contributed by atoms with Gasteiger partial charge in [0.25, 0.3) is 0 Å². The van der Waals surface area contributed by atoms with E-state index in [-0.39, 0.29) is 11.8 Å². The summed E-state index contributed by atoms with van der Waals surface area (Å²) in [7, 11) is 1.60. The molecule has 2 unspecified atom stereocenters. The summed E-state index contributed by atoms with van der Waals surface area (Å²) in [4.78, 5) is 10.8. The number of ether oxygens (including phenoxy) is 1. The van der Waals surface area contributed by atoms with E-state index in [0.717, 1.165) is 15.8 Å². The number of hydrogen-bond acceptors (Lipinski definition) is 2. The zero-order valence-electron chi connectivity index (χ0n) is 8.24. The summed E-state index contributed by atoms with van der Waals surface area (Å²) in [6.07, 6.45) is 0.703. The molecule has 0 aliphatic heterocycles. The fraction of sp³-hybridized carbons (Fsp3) is 0.364. The van der Waals surface area contributed by atoms with Crippen molar-refractivity contribution < 1.29 is 14.6 Å². The largest absolute Gasteiger partial charge is 0.496 e. The van der Waals surface area contributed by atoms with Gasteiger partial charge in [-0.15, -0.1) is 0 Å². The molecular formula is C11H11BrO3. The minimum Gasteiger partial charge on any atom is -0.496 e. The number of carbonyl (C=O) groups is 1. The van der Waals surface area contributed by atoms with Gasteiger partial charge in [0.2, 0.25) is 0 Å². The van der Waals surface area contributed by atoms with Crippen LogP contribution in [-0.2, 0) is 4.79 Å². The van der Waals surface area contributed by atoms with Gasteiger partial charge in [-0.1, -0.05) is 22.0 Å². The number of carboxylic acids is 1. The molecule has 0 aromatic heterocycles. The second kappa shape index (κ2) is 3.85. The van der Waals surface area contributed by atoms with E-state index in [0.29, 0.717) is 6.42 Å². The first-order valence-corrected chi connectivity index (χ1v) is 5.49. The van der Waals surface area contributed by atoms with Crippen molar-refractivity contribution in [1.29, 1.82) is 0 Å². The van der Waals surface area contributed by atoms with Crippen LogP contribution in [0.25, 0.3) is 0 Å². The molecule has 80 valence electrons. The highest BCUT2D eigenvalue weighted by Gasteiger charge is 2.46. The third kappa shape index (κ3) is 1.86. The summed E-state index contributed by atoms with van der Waals surface area (Å²) in [6, 6.07) is 5.65. The van der Waals surface area contributed by atoms with Crippen LogP contribution in [0.2, 0.25) is 0 Å². The fourth-order valence-corrected chi connectivity index (χ4v) is 2.48. The lowest BCUT2D eigenvalue weighted by Gasteiger charge is -2.09. The summed E-state index contributed by atoms with van der Waals surface area (Å²) in [5.74, 6) is -0.124. The van der Waals surface area contributed by atoms with Crippen molar-refractivity contribution in [3.8, 4) is 5.75 Å². The van der Waals surface area contributed by atoms with Crippen LogP contribution >= 0.6 is 15.9 Å². The Labute approximate surface area is 96.2 Å². The lowest BCUT2D eigenvalue weighted by molar-refractivity contribution is -0.138. The second-order valence-electron chi connectivity index (χ2n) is 3.64. The molecule has 1 aromatic rings. The van der Waals surface area contributed by atoms with E-state index in [4.69, 9.17) is 9.84 Å². The van der Waals surface area contributed by atoms with Crippen LogP contribution < -0.4 is 4.74 Å². The lowest BCUT2D eigenvalue weighted by atomic mass is 10.1. The summed E-state index contributed by atoms with van der Waals surface area (Å²) < 4.78 is 6.16. The Balaban J connectivity index is 2.33. The number of carboxylic acid groups (broad SMARTS) is 1. The predicted octanol–water partition coefficient (Wildman–Crippen LogP) is 2.65. The fourth-order valence-electron chi connectivity index (χ4n) is 1.84. The summed E-state index contributed by atoms with van der Waals surface area (Å²) in [5, 5.41) is 8.88. The third-order valence-corrected chi connectivity index (χ3v) is 3.40. The monoisotopic (exact) mass is 270 g/mol. The Kier molecular flexibility index (Phi) is 2.69. The molecular weight excluding hydrogens is 260 g/mol. The standard InChI is InChI=1S/C11H11BrO3/c1-15-9-4-2-3-8(12)10(9)6-5-7(6)11(13)14/h2-4,6-7H,5H2,1H3,(H,13,14). The van der Waals surface area contributed by atoms with Crippen LogP contribution in [0.3, 0.4) is 0 Å². The first-order chi connectivity index (χ1) is 7.15. The zero-order chi connectivity index (χ0) is 11.0. The molecule has 2 atom stereocenters. The number of methoxy groups -OCH3 is 1. The van der Waals surface area contributed by atoms with Gasteiger partial charge in [-0.05, 0) is 18.6 Å². The van der Waals surface area contributed by atoms with E-state index < -0.39 is 5.97 Å². The molecule has 1 fully saturated rings. The smallest absolute Gasteiger partial charge is 0.307 e. The molecule has 1 aliphatic rings. The summed E-state index contributed by atoms with van der Waals surface area (Å²) >= 11 is 3.43. The Hall–Kier alpha value is -1.03. The first kappa shape index (κ1) is 10.5. The molecule has 0 bridgehead atoms. The Morgan fingerprint density at radius 2 is 2.33 bits per heavy atom. The maximum absolute atomic E-state index is 10.8. The predicted molar refractivity (Wildman–Crippen MR) is 59.2 cm³/mol. The zero-order valence-corrected chi connectivity index (χ0v) is 9.82. The van der Waals surface area contributed by atoms with Crippen molar-refractivity contribution in [3.05, 3.63) is 28.2 Å². The lowest BCUT2D eigenvalue weighted by Crippen LogP contribution is -2.00. The summed E-state index contributed by atoms with van der Waals surface area (Å²) in [5.41, 5.74) is 0.979. The highest BCUT2D eigenvalue weighted by molar-refractivity contribution is 9.10. The van der Waals surface area contributed by atoms with Crippen LogP contribution in [0.4, 0.5) is 0 Å². The van der Waals surface area contributed by atoms with Crippen LogP contribution in [0, 0.1) is 5.92 Å². The van der Waals surface area contributed by atoms with Crippen molar-refractivity contribution in [3.63, 3.8) is 0 Å². The number of halogens is 1. The second-order valence-corrected chi connectivity index (χ2v) is 4.50. The number of rotatable bonds is 3. The van der Waals surface area contributed by atoms with E-state index in [9.17, 15) is 4.79 Å². The minimum absolute atomic E-state index is 0.0908. The van der Waals surface area contributed by atoms with E-state index in [1.165, 1.54) is 0 Å². The van der Waals surface area contributed by atoms with Crippen molar-refractivity contribution in [1.82, 2.24) is 0 Å². The number of hydrogen-bond donors (Lipinski definition) is 1. The van der Waals surface area contributed by atoms with Gasteiger partial charge in [0, 0.05) is 16.0 Å². The molecule has 1 N–H and O–H groups in total. The molecule has 0 heterocycles. The van der Waals surface area contributed by atoms with Gasteiger partial charge in [0.1, 0.15) is 5.75 Å². The number of benzene rings is 1. The topological polar surface area (TPSA) is 46.5 Å². The quantitative estimate of drug-likeness (QED) is 0.919. The van der Waals surface area contributed by atoms with Crippen LogP contribution in [-0.4, -0.2) is 18.2 Å². The average Bonchev–Trinajstić information content (AvgIpc) is 2.96. The molecule has 1 aliphatic carbocycles. The third-order valence-electron chi connectivity index (χ3n) is 2.71. The van der Waals surface area contributed by atoms with Crippen LogP contribution in [0.5, 0.6) is 5.75 Å². The maximum Gasteiger partial charge on any atom is 0.307 e. The molecule has 0 saturated heterocycles. The Morgan fingerprint density at radius 1 is 1.60 bits per heavy atom. The van der Waals surface area contributed by atoms with E-state index in [1.807, 2.05) is 18.2 Å². The highest BCUT2D eigenvalue weighted by Crippen LogP contribution is 2.52. The molecule has 0 spiro atoms. The van der Waals surface area contributed by atoms with E-state index in [1.54, 1.807) is 7.11 Å². The van der Waals surface area contributed by atoms with Gasteiger partial charge in [0.15, 0.2) is 0 Å². The van der Waals surface area contributed by atoms with Crippen LogP contribution in [0.15, 0.2) is 22.7 Å². The SMILES string of the molecule is COc1cccc(Br)c1C1CC1C(=O)O. The van der Waals surface area contributed by atoms with Crippen molar-refractivity contribution in [2.75, 3.05) is 7.11 Å². The molecule has 1 aromatic carbocycles. The molecule has 1 saturated carbocycles. The first-order valence-electron chi connectivity index (χ1n) is 4.70. The van der Waals surface area contributed by atoms with Gasteiger partial charge in [-0.2, -0.15) is 0 Å². The van der Waals surface area contributed by atoms with Crippen molar-refractivity contribution in [2.24, 2.45) is 5.92 Å². The molecule has 15 heavy (non-hydrogen) atoms. The number of aliphatic carboxylic acids is 1. The maximum atomic E-state index is 10.8. The highest BCUT2D eigenvalue weighted by atomic mass is 79.9. The normalized spacial score (nSPS) is 23.6. The van der Waals surface area contributed by atoms with Crippen LogP contribution in [0.1, 0.15) is 17.9 Å². The van der Waals surface area contributed by atoms with Gasteiger partial charge in [-0.3, -0.25) is 4.79 Å². The average molecular weight is 271 g/mol. The van der Waals surface area contributed by atoms with Crippen molar-refractivity contribution in [2.45, 2.75) is 12.3 Å². The molecule has 4 heteroatoms. The van der Waals surface area contributed by atoms with E-state index in [2.05, 4.69) is 15.9 Å². The molecule has 2 rings (SSSR count). The molecule has 3 nitrogen and oxygen atoms in total. The van der Waals surface area contributed by atoms with Gasteiger partial charge >= 0.3 is 5.97 Å². The summed E-state index contributed by atoms with van der Waals surface area (Å²) in [6.45, 7) is 0. The van der Waals surface area contributed by atoms with Gasteiger partial charge in [0.05, 0.1) is 13.0 Å². The Bertz CT molecular complexity index is 403. The molecule has 0 amide bonds. The minimum atomic E-state index is -0.724. The van der Waals surface area contributed by atoms with Gasteiger partial charge < -0.3 is 9.84 Å². The van der Waals surface area contributed by atoms with Crippen molar-refractivity contribution >= 4 is 21.9 Å². The Morgan fingerprint density at radius 3 is 2.87 bits per heavy atom. The molecule has 0 radical (unpaired) electrons. The van der Waals surface area contributed by atoms with Gasteiger partial charge in [-0.25, -0.2) is 0 Å².